The van der Waals surface area contributed by atoms with Crippen molar-refractivity contribution in [3.05, 3.63) is 64.9 Å². The quantitative estimate of drug-likeness (QED) is 0.559. The molecule has 1 N–H and O–H groups in total. The molecule has 0 heterocycles. The Morgan fingerprint density at radius 1 is 1.22 bits per heavy atom. The van der Waals surface area contributed by atoms with Gasteiger partial charge in [0.1, 0.15) is 11.6 Å². The van der Waals surface area contributed by atoms with Gasteiger partial charge in [-0.2, -0.15) is 0 Å². The van der Waals surface area contributed by atoms with E-state index in [0.29, 0.717) is 18.0 Å². The Morgan fingerprint density at radius 2 is 1.93 bits per heavy atom. The maximum absolute atomic E-state index is 13.6. The number of hydrogen-bond acceptors (Lipinski definition) is 4. The van der Waals surface area contributed by atoms with E-state index in [9.17, 15) is 14.0 Å². The zero-order valence-corrected chi connectivity index (χ0v) is 15.6. The highest BCUT2D eigenvalue weighted by Gasteiger charge is 2.17. The van der Waals surface area contributed by atoms with Crippen molar-refractivity contribution in [3.63, 3.8) is 0 Å². The summed E-state index contributed by atoms with van der Waals surface area (Å²) in [6.45, 7) is 3.86. The van der Waals surface area contributed by atoms with Gasteiger partial charge in [-0.15, -0.1) is 0 Å². The summed E-state index contributed by atoms with van der Waals surface area (Å²) in [5, 5.41) is 2.80. The fourth-order valence-electron chi connectivity index (χ4n) is 2.13. The van der Waals surface area contributed by atoms with Gasteiger partial charge in [-0.25, -0.2) is 9.18 Å². The van der Waals surface area contributed by atoms with Crippen molar-refractivity contribution >= 4 is 35.2 Å². The van der Waals surface area contributed by atoms with Gasteiger partial charge in [0, 0.05) is 17.3 Å². The summed E-state index contributed by atoms with van der Waals surface area (Å²) in [7, 11) is 0. The van der Waals surface area contributed by atoms with Crippen LogP contribution in [0.5, 0.6) is 5.75 Å². The van der Waals surface area contributed by atoms with E-state index in [1.807, 2.05) is 6.92 Å². The number of amides is 1. The van der Waals surface area contributed by atoms with Crippen LogP contribution in [-0.4, -0.2) is 24.6 Å². The average molecular weight is 392 g/mol. The number of esters is 1. The lowest BCUT2D eigenvalue weighted by molar-refractivity contribution is -0.148. The topological polar surface area (TPSA) is 64.6 Å². The van der Waals surface area contributed by atoms with Gasteiger partial charge in [0.2, 0.25) is 0 Å². The summed E-state index contributed by atoms with van der Waals surface area (Å²) < 4.78 is 24.0. The molecule has 0 saturated heterocycles. The second kappa shape index (κ2) is 9.73. The second-order valence-electron chi connectivity index (χ2n) is 5.49. The molecule has 0 radical (unpaired) electrons. The van der Waals surface area contributed by atoms with E-state index < -0.39 is 23.8 Å². The van der Waals surface area contributed by atoms with Crippen LogP contribution in [0.1, 0.15) is 19.4 Å². The molecule has 0 bridgehead atoms. The summed E-state index contributed by atoms with van der Waals surface area (Å²) in [5.74, 6) is -1.16. The van der Waals surface area contributed by atoms with Gasteiger partial charge in [-0.1, -0.05) is 17.7 Å². The summed E-state index contributed by atoms with van der Waals surface area (Å²) in [6.07, 6.45) is 1.19. The number of hydrogen-bond donors (Lipinski definition) is 1. The number of nitrogens with one attached hydrogen (secondary N) is 1. The van der Waals surface area contributed by atoms with E-state index in [-0.39, 0.29) is 10.6 Å². The van der Waals surface area contributed by atoms with E-state index >= 15 is 0 Å². The maximum atomic E-state index is 13.6. The maximum Gasteiger partial charge on any atom is 0.331 e. The van der Waals surface area contributed by atoms with Crippen molar-refractivity contribution in [2.75, 3.05) is 11.9 Å². The van der Waals surface area contributed by atoms with Crippen molar-refractivity contribution in [3.8, 4) is 5.75 Å². The Hall–Kier alpha value is -2.86. The molecule has 0 unspecified atom stereocenters. The molecule has 0 aliphatic carbocycles. The Morgan fingerprint density at radius 3 is 2.56 bits per heavy atom. The van der Waals surface area contributed by atoms with Crippen molar-refractivity contribution in [2.45, 2.75) is 20.0 Å². The first-order valence-electron chi connectivity index (χ1n) is 8.27. The van der Waals surface area contributed by atoms with E-state index in [4.69, 9.17) is 21.1 Å². The molecule has 0 aromatic heterocycles. The minimum atomic E-state index is -1.04. The minimum absolute atomic E-state index is 0.0719. The smallest absolute Gasteiger partial charge is 0.331 e. The van der Waals surface area contributed by atoms with Crippen LogP contribution in [0.3, 0.4) is 0 Å². The normalized spacial score (nSPS) is 11.9. The fraction of sp³-hybridized carbons (Fsp3) is 0.200. The van der Waals surface area contributed by atoms with Crippen molar-refractivity contribution in [1.29, 1.82) is 0 Å². The van der Waals surface area contributed by atoms with Crippen LogP contribution in [-0.2, 0) is 14.3 Å². The molecule has 5 nitrogen and oxygen atoms in total. The number of rotatable bonds is 7. The molecular formula is C20H19ClFNO4. The summed E-state index contributed by atoms with van der Waals surface area (Å²) in [6, 6.07) is 11.0. The van der Waals surface area contributed by atoms with Gasteiger partial charge in [0.15, 0.2) is 6.10 Å². The Bertz CT molecular complexity index is 816. The van der Waals surface area contributed by atoms with Gasteiger partial charge in [0.05, 0.1) is 11.6 Å². The average Bonchev–Trinajstić information content (AvgIpc) is 2.63. The summed E-state index contributed by atoms with van der Waals surface area (Å²) in [4.78, 5) is 24.0. The highest BCUT2D eigenvalue weighted by molar-refractivity contribution is 6.32. The van der Waals surface area contributed by atoms with Crippen LogP contribution < -0.4 is 10.1 Å². The molecule has 1 atom stereocenters. The number of carbonyl (C=O) groups excluding carboxylic acids is 2. The highest BCUT2D eigenvalue weighted by atomic mass is 35.5. The van der Waals surface area contributed by atoms with Gasteiger partial charge in [0.25, 0.3) is 5.91 Å². The number of carbonyl (C=O) groups is 2. The van der Waals surface area contributed by atoms with Crippen molar-refractivity contribution in [1.82, 2.24) is 0 Å². The lowest BCUT2D eigenvalue weighted by Crippen LogP contribution is -2.29. The molecule has 2 rings (SSSR count). The monoisotopic (exact) mass is 391 g/mol. The van der Waals surface area contributed by atoms with Crippen LogP contribution in [0, 0.1) is 5.82 Å². The molecule has 2 aromatic carbocycles. The molecule has 0 saturated carbocycles. The molecule has 0 spiro atoms. The van der Waals surface area contributed by atoms with Crippen LogP contribution in [0.4, 0.5) is 10.1 Å². The van der Waals surface area contributed by atoms with Crippen LogP contribution in [0.25, 0.3) is 6.08 Å². The Balaban J connectivity index is 1.91. The Labute approximate surface area is 161 Å². The summed E-state index contributed by atoms with van der Waals surface area (Å²) >= 11 is 5.87. The number of halogens is 2. The van der Waals surface area contributed by atoms with Crippen LogP contribution in [0.15, 0.2) is 48.5 Å². The molecule has 2 aromatic rings. The number of benzene rings is 2. The zero-order chi connectivity index (χ0) is 19.8. The fourth-order valence-corrected chi connectivity index (χ4v) is 2.36. The predicted octanol–water partition coefficient (Wildman–Crippen LogP) is 4.46. The molecular weight excluding hydrogens is 373 g/mol. The number of ether oxygens (including phenoxy) is 2. The first kappa shape index (κ1) is 20.5. The molecule has 0 aliphatic heterocycles. The third kappa shape index (κ3) is 6.11. The largest absolute Gasteiger partial charge is 0.494 e. The van der Waals surface area contributed by atoms with Crippen LogP contribution >= 0.6 is 11.6 Å². The third-order valence-electron chi connectivity index (χ3n) is 3.48. The van der Waals surface area contributed by atoms with E-state index in [1.165, 1.54) is 31.2 Å². The van der Waals surface area contributed by atoms with E-state index in [2.05, 4.69) is 5.32 Å². The van der Waals surface area contributed by atoms with E-state index in [0.717, 1.165) is 6.08 Å². The van der Waals surface area contributed by atoms with Crippen molar-refractivity contribution in [2.24, 2.45) is 0 Å². The lowest BCUT2D eigenvalue weighted by Gasteiger charge is -2.13. The molecule has 1 amide bonds. The standard InChI is InChI=1S/C20H19ClFNO4/c1-3-26-15-9-7-14(8-10-15)23-20(25)13(2)27-19(24)12-11-16-17(21)5-4-6-18(16)22/h4-13H,3H2,1-2H3,(H,23,25)/b12-11-/t13-/m0/s1. The molecule has 0 aliphatic rings. The van der Waals surface area contributed by atoms with Crippen molar-refractivity contribution < 1.29 is 23.5 Å². The lowest BCUT2D eigenvalue weighted by atomic mass is 10.2. The Kier molecular flexibility index (Phi) is 7.37. The first-order valence-corrected chi connectivity index (χ1v) is 8.65. The van der Waals surface area contributed by atoms with Crippen LogP contribution in [0.2, 0.25) is 5.02 Å². The second-order valence-corrected chi connectivity index (χ2v) is 5.90. The minimum Gasteiger partial charge on any atom is -0.494 e. The number of anilines is 1. The summed E-state index contributed by atoms with van der Waals surface area (Å²) in [5.41, 5.74) is 0.614. The van der Waals surface area contributed by atoms with Gasteiger partial charge >= 0.3 is 5.97 Å². The third-order valence-corrected chi connectivity index (χ3v) is 3.81. The first-order chi connectivity index (χ1) is 12.9. The van der Waals surface area contributed by atoms with Gasteiger partial charge < -0.3 is 14.8 Å². The molecule has 0 fully saturated rings. The van der Waals surface area contributed by atoms with Gasteiger partial charge in [-0.05, 0) is 56.3 Å². The molecule has 7 heteroatoms. The SMILES string of the molecule is CCOc1ccc(NC(=O)[C@H](C)OC(=O)/C=C\c2c(F)cccc2Cl)cc1. The zero-order valence-electron chi connectivity index (χ0n) is 14.9. The molecule has 27 heavy (non-hydrogen) atoms. The molecule has 142 valence electrons. The van der Waals surface area contributed by atoms with Gasteiger partial charge in [-0.3, -0.25) is 4.79 Å². The highest BCUT2D eigenvalue weighted by Crippen LogP contribution is 2.20. The van der Waals surface area contributed by atoms with E-state index in [1.54, 1.807) is 24.3 Å². The predicted molar refractivity (Wildman–Crippen MR) is 102 cm³/mol.